The first-order valence-corrected chi connectivity index (χ1v) is 31.6. The summed E-state index contributed by atoms with van der Waals surface area (Å²) in [5, 5.41) is 20.2. The molecule has 0 aliphatic rings. The summed E-state index contributed by atoms with van der Waals surface area (Å²) in [6, 6.07) is -1.59. The number of nitrogens with two attached hydrogens (primary N) is 1. The van der Waals surface area contributed by atoms with Crippen LogP contribution in [0.4, 0.5) is 0 Å². The highest BCUT2D eigenvalue weighted by Gasteiger charge is 2.45. The third-order valence-electron chi connectivity index (χ3n) is 16.8. The van der Waals surface area contributed by atoms with E-state index in [9.17, 15) is 48.3 Å². The Morgan fingerprint density at radius 3 is 1.43 bits per heavy atom. The maximum Gasteiger partial charge on any atom is 0.246 e. The van der Waals surface area contributed by atoms with Gasteiger partial charge in [-0.3, -0.25) is 52.7 Å². The van der Waals surface area contributed by atoms with Crippen LogP contribution in [-0.4, -0.2) is 221 Å². The highest BCUT2D eigenvalue weighted by atomic mass is 16.3. The molecule has 0 aromatic heterocycles. The van der Waals surface area contributed by atoms with Crippen molar-refractivity contribution < 1.29 is 57.8 Å². The molecule has 12 atom stereocenters. The topological polar surface area (TPSA) is 293 Å². The predicted molar refractivity (Wildman–Crippen MR) is 346 cm³/mol. The third kappa shape index (κ3) is 23.4. The lowest BCUT2D eigenvalue weighted by Gasteiger charge is -2.41. The van der Waals surface area contributed by atoms with Crippen molar-refractivity contribution >= 4 is 65.0 Å². The summed E-state index contributed by atoms with van der Waals surface area (Å²) in [4.78, 5) is 164. The zero-order chi connectivity index (χ0) is 68.8. The second-order valence-electron chi connectivity index (χ2n) is 26.4. The lowest BCUT2D eigenvalue weighted by Crippen LogP contribution is -2.63. The van der Waals surface area contributed by atoms with Gasteiger partial charge in [-0.25, -0.2) is 0 Å². The normalized spacial score (nSPS) is 15.7. The molecule has 1 rings (SSSR count). The first kappa shape index (κ1) is 80.1. The lowest BCUT2D eigenvalue weighted by atomic mass is 9.91. The summed E-state index contributed by atoms with van der Waals surface area (Å²) < 4.78 is 0. The molecule has 1 aromatic rings. The van der Waals surface area contributed by atoms with Gasteiger partial charge in [0.1, 0.15) is 54.4 Å². The van der Waals surface area contributed by atoms with Crippen molar-refractivity contribution in [2.45, 2.75) is 210 Å². The Labute approximate surface area is 532 Å². The minimum atomic E-state index is -1.61. The second kappa shape index (κ2) is 37.3. The van der Waals surface area contributed by atoms with Gasteiger partial charge in [0.05, 0.1) is 12.6 Å². The Hall–Kier alpha value is -6.91. The van der Waals surface area contributed by atoms with Gasteiger partial charge in [-0.15, -0.1) is 0 Å². The largest absolute Gasteiger partial charge is 0.390 e. The van der Waals surface area contributed by atoms with Gasteiger partial charge in [0.15, 0.2) is 0 Å². The number of amides is 11. The van der Waals surface area contributed by atoms with Crippen molar-refractivity contribution in [2.24, 2.45) is 47.2 Å². The number of allylic oxidation sites excluding steroid dienone is 2. The van der Waals surface area contributed by atoms with Gasteiger partial charge in [0.2, 0.25) is 65.0 Å². The van der Waals surface area contributed by atoms with E-state index in [1.54, 1.807) is 78.1 Å². The summed E-state index contributed by atoms with van der Waals surface area (Å²) in [5.41, 5.74) is 6.49. The molecule has 0 saturated carbocycles. The van der Waals surface area contributed by atoms with Crippen molar-refractivity contribution in [3.63, 3.8) is 0 Å². The first-order valence-electron chi connectivity index (χ1n) is 31.6. The van der Waals surface area contributed by atoms with Gasteiger partial charge >= 0.3 is 0 Å². The Bertz CT molecular complexity index is 2560. The molecular weight excluding hydrogens is 1140 g/mol. The van der Waals surface area contributed by atoms with E-state index in [1.165, 1.54) is 80.6 Å². The molecule has 0 spiro atoms. The van der Waals surface area contributed by atoms with Crippen LogP contribution in [0, 0.1) is 41.4 Å². The Morgan fingerprint density at radius 1 is 0.506 bits per heavy atom. The molecule has 0 radical (unpaired) electrons. The van der Waals surface area contributed by atoms with Crippen LogP contribution >= 0.6 is 0 Å². The molecular formula is C66H113N11O12. The average Bonchev–Trinajstić information content (AvgIpc) is 0.961. The number of carbonyl (C=O) groups excluding carboxylic acids is 11. The van der Waals surface area contributed by atoms with Crippen molar-refractivity contribution in [3.8, 4) is 0 Å². The van der Waals surface area contributed by atoms with Crippen molar-refractivity contribution in [2.75, 3.05) is 55.9 Å². The standard InChI is InChI=1S/C66H113N11O12/c1-24-26-30-43(13)56(79)55(60(83)70-48(25-2)63(86)71(17)37-53(78)72(18)49(57(67)80)36-47-31-28-27-29-32-47)77(23)66(89)54(42(11)12)76(22)65(88)52(35-40(7)8)75(21)64(87)51(34-39(5)6)74(20)62(85)46(16)69-58(81)45(15)68-59(82)50(33-38(3)4)73(19)61(84)44(14)41(9)10/h24,26-29,31-32,38-46,48-52,54-56,79H,25,30,33-37H2,1-23H3,(H2,67,80)(H,68,82)(H,69,81)(H,70,83)/b26-24+/t43-,44+,45+,46-,48+,49-,50-,51-,52+,54+,55?,56-/m0/s1. The van der Waals surface area contributed by atoms with Crippen LogP contribution in [-0.2, 0) is 59.2 Å². The zero-order valence-corrected chi connectivity index (χ0v) is 58.0. The first-order chi connectivity index (χ1) is 41.2. The van der Waals surface area contributed by atoms with Gasteiger partial charge in [-0.1, -0.05) is 132 Å². The highest BCUT2D eigenvalue weighted by Crippen LogP contribution is 2.26. The highest BCUT2D eigenvalue weighted by molar-refractivity contribution is 5.99. The molecule has 23 heteroatoms. The van der Waals surface area contributed by atoms with Gasteiger partial charge in [0, 0.05) is 61.7 Å². The van der Waals surface area contributed by atoms with Crippen molar-refractivity contribution in [1.82, 2.24) is 50.2 Å². The molecule has 1 unspecified atom stereocenters. The van der Waals surface area contributed by atoms with Crippen LogP contribution in [0.25, 0.3) is 0 Å². The molecule has 0 fully saturated rings. The number of benzene rings is 1. The minimum Gasteiger partial charge on any atom is -0.390 e. The van der Waals surface area contributed by atoms with E-state index in [0.29, 0.717) is 12.8 Å². The van der Waals surface area contributed by atoms with Crippen molar-refractivity contribution in [1.29, 1.82) is 0 Å². The Balaban J connectivity index is 3.62. The van der Waals surface area contributed by atoms with E-state index in [0.717, 1.165) is 15.4 Å². The quantitative estimate of drug-likeness (QED) is 0.0594. The van der Waals surface area contributed by atoms with Gasteiger partial charge in [-0.2, -0.15) is 0 Å². The summed E-state index contributed by atoms with van der Waals surface area (Å²) in [6.45, 7) is 28.1. The number of likely N-dealkylation sites (N-methyl/N-ethyl adjacent to an activating group) is 7. The van der Waals surface area contributed by atoms with E-state index in [2.05, 4.69) is 16.0 Å². The summed E-state index contributed by atoms with van der Waals surface area (Å²) >= 11 is 0. The number of primary amides is 1. The van der Waals surface area contributed by atoms with E-state index in [4.69, 9.17) is 5.73 Å². The van der Waals surface area contributed by atoms with Gasteiger partial charge < -0.3 is 61.1 Å². The predicted octanol–water partition coefficient (Wildman–Crippen LogP) is 4.09. The fourth-order valence-electron chi connectivity index (χ4n) is 10.7. The number of aliphatic hydroxyl groups is 1. The molecule has 1 aromatic carbocycles. The number of carbonyl (C=O) groups is 11. The summed E-state index contributed by atoms with van der Waals surface area (Å²) in [7, 11) is 10.1. The lowest BCUT2D eigenvalue weighted by molar-refractivity contribution is -0.157. The molecule has 0 aliphatic heterocycles. The SMILES string of the molecule is C/C=C/C[C@H](C)[C@H](O)C(C(=O)N[C@H](CC)C(=O)N(C)CC(=O)N(C)[C@@H](Cc1ccccc1)C(N)=O)N(C)C(=O)[C@@H](C(C)C)N(C)C(=O)[C@@H](CC(C)C)N(C)C(=O)[C@H](CC(C)C)N(C)C(=O)[C@H](C)NC(=O)[C@@H](C)NC(=O)[C@H](CC(C)C)N(C)C(=O)[C@H](C)C(C)C. The van der Waals surface area contributed by atoms with Gasteiger partial charge in [-0.05, 0) is 93.9 Å². The van der Waals surface area contributed by atoms with E-state index in [1.807, 2.05) is 68.4 Å². The maximum atomic E-state index is 15.2. The molecule has 0 bridgehead atoms. The number of nitrogens with one attached hydrogen (secondary N) is 3. The zero-order valence-electron chi connectivity index (χ0n) is 58.0. The van der Waals surface area contributed by atoms with Crippen LogP contribution in [0.1, 0.15) is 148 Å². The number of hydrogen-bond acceptors (Lipinski definition) is 12. The molecule has 0 saturated heterocycles. The van der Waals surface area contributed by atoms with Crippen LogP contribution in [0.5, 0.6) is 0 Å². The molecule has 11 amide bonds. The van der Waals surface area contributed by atoms with Gasteiger partial charge in [0.25, 0.3) is 0 Å². The number of aliphatic hydroxyl groups excluding tert-OH is 1. The van der Waals surface area contributed by atoms with E-state index >= 15 is 9.59 Å². The fourth-order valence-corrected chi connectivity index (χ4v) is 10.7. The molecule has 23 nitrogen and oxygen atoms in total. The average molecular weight is 1250 g/mol. The summed E-state index contributed by atoms with van der Waals surface area (Å²) in [6.07, 6.45) is 3.22. The van der Waals surface area contributed by atoms with E-state index in [-0.39, 0.29) is 61.2 Å². The van der Waals surface area contributed by atoms with E-state index < -0.39 is 138 Å². The Morgan fingerprint density at radius 2 is 0.966 bits per heavy atom. The number of nitrogens with zero attached hydrogens (tertiary/aromatic N) is 7. The molecule has 504 valence electrons. The van der Waals surface area contributed by atoms with Crippen LogP contribution in [0.3, 0.4) is 0 Å². The molecule has 6 N–H and O–H groups in total. The number of rotatable bonds is 36. The molecule has 89 heavy (non-hydrogen) atoms. The van der Waals surface area contributed by atoms with Crippen molar-refractivity contribution in [3.05, 3.63) is 48.0 Å². The fraction of sp³-hybridized carbons (Fsp3) is 0.712. The Kier molecular flexibility index (Phi) is 33.6. The second-order valence-corrected chi connectivity index (χ2v) is 26.4. The van der Waals surface area contributed by atoms with Crippen LogP contribution in [0.15, 0.2) is 42.5 Å². The van der Waals surface area contributed by atoms with Crippen LogP contribution < -0.4 is 21.7 Å². The summed E-state index contributed by atoms with van der Waals surface area (Å²) in [5.74, 6) is -8.59. The third-order valence-corrected chi connectivity index (χ3v) is 16.8. The molecule has 0 heterocycles. The maximum absolute atomic E-state index is 15.2. The molecule has 0 aliphatic carbocycles. The smallest absolute Gasteiger partial charge is 0.246 e. The minimum absolute atomic E-state index is 0.0363. The van der Waals surface area contributed by atoms with Crippen LogP contribution in [0.2, 0.25) is 0 Å². The monoisotopic (exact) mass is 1250 g/mol. The number of hydrogen-bond donors (Lipinski definition) is 5.